The first kappa shape index (κ1) is 10.1. The third-order valence-corrected chi connectivity index (χ3v) is 2.46. The maximum Gasteiger partial charge on any atom is 0.189 e. The maximum atomic E-state index is 4.35. The summed E-state index contributed by atoms with van der Waals surface area (Å²) in [5, 5.41) is 5.00. The highest BCUT2D eigenvalue weighted by Gasteiger charge is 2.06. The number of nitrogens with zero attached hydrogens (tertiary/aromatic N) is 5. The van der Waals surface area contributed by atoms with Gasteiger partial charge in [0.25, 0.3) is 0 Å². The number of hydrogen-bond acceptors (Lipinski definition) is 5. The fourth-order valence-corrected chi connectivity index (χ4v) is 1.64. The first-order valence-electron chi connectivity index (χ1n) is 4.48. The van der Waals surface area contributed by atoms with Gasteiger partial charge in [-0.3, -0.25) is 0 Å². The largest absolute Gasteiger partial charge is 0.231 e. The van der Waals surface area contributed by atoms with E-state index < -0.39 is 0 Å². The van der Waals surface area contributed by atoms with Crippen molar-refractivity contribution in [2.24, 2.45) is 0 Å². The quantitative estimate of drug-likeness (QED) is 0.566. The molecule has 0 saturated heterocycles. The van der Waals surface area contributed by atoms with Crippen LogP contribution in [0.3, 0.4) is 0 Å². The van der Waals surface area contributed by atoms with E-state index in [1.165, 1.54) is 11.8 Å². The minimum Gasteiger partial charge on any atom is -0.231 e. The van der Waals surface area contributed by atoms with E-state index in [4.69, 9.17) is 0 Å². The SMILES string of the molecule is CSc1nccc(-n2nc(C)nc2C)n1. The predicted octanol–water partition coefficient (Wildman–Crippen LogP) is 1.40. The summed E-state index contributed by atoms with van der Waals surface area (Å²) in [4.78, 5) is 12.7. The second-order valence-electron chi connectivity index (χ2n) is 3.02. The molecule has 78 valence electrons. The molecule has 0 N–H and O–H groups in total. The van der Waals surface area contributed by atoms with Crippen LogP contribution in [0.25, 0.3) is 5.82 Å². The van der Waals surface area contributed by atoms with Gasteiger partial charge in [0, 0.05) is 12.3 Å². The summed E-state index contributed by atoms with van der Waals surface area (Å²) in [6.45, 7) is 3.76. The Morgan fingerprint density at radius 3 is 2.67 bits per heavy atom. The van der Waals surface area contributed by atoms with Gasteiger partial charge in [-0.05, 0) is 20.1 Å². The van der Waals surface area contributed by atoms with Crippen molar-refractivity contribution >= 4 is 11.8 Å². The second-order valence-corrected chi connectivity index (χ2v) is 3.79. The lowest BCUT2D eigenvalue weighted by Gasteiger charge is -2.02. The Hall–Kier alpha value is -1.43. The van der Waals surface area contributed by atoms with Crippen LogP contribution in [0.2, 0.25) is 0 Å². The predicted molar refractivity (Wildman–Crippen MR) is 58.2 cm³/mol. The van der Waals surface area contributed by atoms with Crippen LogP contribution in [0.15, 0.2) is 17.4 Å². The Bertz CT molecular complexity index is 479. The van der Waals surface area contributed by atoms with E-state index in [1.807, 2.05) is 26.2 Å². The Balaban J connectivity index is 2.49. The molecule has 0 spiro atoms. The Morgan fingerprint density at radius 1 is 1.27 bits per heavy atom. The van der Waals surface area contributed by atoms with Gasteiger partial charge in [0.2, 0.25) is 0 Å². The molecule has 5 nitrogen and oxygen atoms in total. The van der Waals surface area contributed by atoms with E-state index in [0.717, 1.165) is 22.6 Å². The molecule has 0 aliphatic rings. The highest BCUT2D eigenvalue weighted by atomic mass is 32.2. The zero-order chi connectivity index (χ0) is 10.8. The summed E-state index contributed by atoms with van der Waals surface area (Å²) < 4.78 is 1.72. The van der Waals surface area contributed by atoms with Crippen LogP contribution in [0, 0.1) is 13.8 Å². The summed E-state index contributed by atoms with van der Waals surface area (Å²) in [5.41, 5.74) is 0. The average Bonchev–Trinajstić information content (AvgIpc) is 2.58. The lowest BCUT2D eigenvalue weighted by molar-refractivity contribution is 0.775. The summed E-state index contributed by atoms with van der Waals surface area (Å²) >= 11 is 1.51. The van der Waals surface area contributed by atoms with Crippen LogP contribution in [-0.2, 0) is 0 Å². The van der Waals surface area contributed by atoms with Crippen LogP contribution in [0.1, 0.15) is 11.6 Å². The molecule has 0 fully saturated rings. The molecule has 0 radical (unpaired) electrons. The lowest BCUT2D eigenvalue weighted by Crippen LogP contribution is -2.03. The monoisotopic (exact) mass is 221 g/mol. The van der Waals surface area contributed by atoms with Crippen molar-refractivity contribution in [3.05, 3.63) is 23.9 Å². The maximum absolute atomic E-state index is 4.35. The van der Waals surface area contributed by atoms with Crippen molar-refractivity contribution in [2.45, 2.75) is 19.0 Å². The standard InChI is InChI=1S/C9H11N5S/c1-6-11-7(2)14(13-6)8-4-5-10-9(12-8)15-3/h4-5H,1-3H3. The normalized spacial score (nSPS) is 10.6. The van der Waals surface area contributed by atoms with Crippen LogP contribution in [0.5, 0.6) is 0 Å². The van der Waals surface area contributed by atoms with Gasteiger partial charge in [-0.2, -0.15) is 4.68 Å². The third kappa shape index (κ3) is 1.99. The lowest BCUT2D eigenvalue weighted by atomic mass is 10.5. The number of aryl methyl sites for hydroxylation is 2. The van der Waals surface area contributed by atoms with E-state index >= 15 is 0 Å². The molecule has 2 rings (SSSR count). The molecule has 0 aromatic carbocycles. The van der Waals surface area contributed by atoms with Crippen LogP contribution in [-0.4, -0.2) is 31.0 Å². The molecule has 2 aromatic rings. The summed E-state index contributed by atoms with van der Waals surface area (Å²) in [6, 6.07) is 1.82. The zero-order valence-electron chi connectivity index (χ0n) is 8.80. The summed E-state index contributed by atoms with van der Waals surface area (Å²) in [7, 11) is 0. The molecular formula is C9H11N5S. The summed E-state index contributed by atoms with van der Waals surface area (Å²) in [5.74, 6) is 2.34. The van der Waals surface area contributed by atoms with Crippen LogP contribution < -0.4 is 0 Å². The van der Waals surface area contributed by atoms with Crippen molar-refractivity contribution in [3.8, 4) is 5.82 Å². The van der Waals surface area contributed by atoms with Crippen molar-refractivity contribution < 1.29 is 0 Å². The van der Waals surface area contributed by atoms with Crippen LogP contribution >= 0.6 is 11.8 Å². The molecule has 2 heterocycles. The molecule has 0 aliphatic carbocycles. The molecule has 0 saturated carbocycles. The molecule has 0 bridgehead atoms. The minimum absolute atomic E-state index is 0.736. The van der Waals surface area contributed by atoms with Gasteiger partial charge in [0.15, 0.2) is 11.0 Å². The molecule has 15 heavy (non-hydrogen) atoms. The molecule has 0 aliphatic heterocycles. The Labute approximate surface area is 92.0 Å². The highest BCUT2D eigenvalue weighted by molar-refractivity contribution is 7.98. The van der Waals surface area contributed by atoms with Gasteiger partial charge >= 0.3 is 0 Å². The van der Waals surface area contributed by atoms with E-state index in [0.29, 0.717) is 0 Å². The van der Waals surface area contributed by atoms with Gasteiger partial charge in [0.05, 0.1) is 0 Å². The van der Waals surface area contributed by atoms with Crippen molar-refractivity contribution in [2.75, 3.05) is 6.26 Å². The van der Waals surface area contributed by atoms with E-state index in [1.54, 1.807) is 10.9 Å². The fraction of sp³-hybridized carbons (Fsp3) is 0.333. The Morgan fingerprint density at radius 2 is 2.07 bits per heavy atom. The topological polar surface area (TPSA) is 56.5 Å². The smallest absolute Gasteiger partial charge is 0.189 e. The molecule has 0 atom stereocenters. The van der Waals surface area contributed by atoms with Crippen molar-refractivity contribution in [1.82, 2.24) is 24.7 Å². The number of aromatic nitrogens is 5. The molecule has 0 amide bonds. The minimum atomic E-state index is 0.736. The van der Waals surface area contributed by atoms with Gasteiger partial charge in [0.1, 0.15) is 11.6 Å². The highest BCUT2D eigenvalue weighted by Crippen LogP contribution is 2.11. The molecule has 0 unspecified atom stereocenters. The number of hydrogen-bond donors (Lipinski definition) is 0. The van der Waals surface area contributed by atoms with Gasteiger partial charge < -0.3 is 0 Å². The number of rotatable bonds is 2. The summed E-state index contributed by atoms with van der Waals surface area (Å²) in [6.07, 6.45) is 3.67. The number of thioether (sulfide) groups is 1. The van der Waals surface area contributed by atoms with Crippen molar-refractivity contribution in [3.63, 3.8) is 0 Å². The average molecular weight is 221 g/mol. The van der Waals surface area contributed by atoms with Crippen molar-refractivity contribution in [1.29, 1.82) is 0 Å². The first-order valence-corrected chi connectivity index (χ1v) is 5.71. The first-order chi connectivity index (χ1) is 7.20. The second kappa shape index (κ2) is 3.98. The van der Waals surface area contributed by atoms with Gasteiger partial charge in [-0.25, -0.2) is 15.0 Å². The van der Waals surface area contributed by atoms with Gasteiger partial charge in [-0.15, -0.1) is 5.10 Å². The third-order valence-electron chi connectivity index (χ3n) is 1.89. The van der Waals surface area contributed by atoms with Crippen LogP contribution in [0.4, 0.5) is 0 Å². The van der Waals surface area contributed by atoms with E-state index in [-0.39, 0.29) is 0 Å². The van der Waals surface area contributed by atoms with E-state index in [2.05, 4.69) is 20.1 Å². The Kier molecular flexibility index (Phi) is 2.68. The fourth-order valence-electron chi connectivity index (χ4n) is 1.29. The molecule has 2 aromatic heterocycles. The molecule has 6 heteroatoms. The van der Waals surface area contributed by atoms with Gasteiger partial charge in [-0.1, -0.05) is 11.8 Å². The zero-order valence-corrected chi connectivity index (χ0v) is 9.62. The van der Waals surface area contributed by atoms with E-state index in [9.17, 15) is 0 Å². The molecular weight excluding hydrogens is 210 g/mol.